The van der Waals surface area contributed by atoms with Crippen molar-refractivity contribution < 1.29 is 171 Å². The Morgan fingerprint density at radius 3 is 0.667 bits per heavy atom. The zero-order valence-electron chi connectivity index (χ0n) is 25.3. The van der Waals surface area contributed by atoms with Gasteiger partial charge in [-0.25, -0.2) is 22.0 Å². The summed E-state index contributed by atoms with van der Waals surface area (Å²) in [4.78, 5) is 0. The lowest BCUT2D eigenvalue weighted by atomic mass is 9.87. The molecule has 0 amide bonds. The number of benzene rings is 1. The molecule has 1 rings (SSSR count). The maximum Gasteiger partial charge on any atom is 0.557 e. The Morgan fingerprint density at radius 2 is 0.433 bits per heavy atom. The summed E-state index contributed by atoms with van der Waals surface area (Å²) in [5.41, 5.74) is 0. The monoisotopic (exact) mass is 1000 g/mol. The molecule has 0 saturated carbocycles. The van der Waals surface area contributed by atoms with Gasteiger partial charge in [0.1, 0.15) is 5.19 Å². The van der Waals surface area contributed by atoms with Gasteiger partial charge in [-0.1, -0.05) is 0 Å². The Morgan fingerprint density at radius 1 is 0.233 bits per heavy atom. The van der Waals surface area contributed by atoms with Gasteiger partial charge in [0.2, 0.25) is 5.82 Å². The quantitative estimate of drug-likeness (QED) is 0.0759. The second-order valence-electron chi connectivity index (χ2n) is 10.4. The molecule has 0 radical (unpaired) electrons. The van der Waals surface area contributed by atoms with E-state index in [1.54, 1.807) is 8.85 Å². The molecule has 0 aliphatic rings. The molecular formula is C20F36O3Si. The Kier molecular flexibility index (Phi) is 13.2. The summed E-state index contributed by atoms with van der Waals surface area (Å²) in [5, 5.41) is -5.01. The van der Waals surface area contributed by atoms with Crippen molar-refractivity contribution in [1.29, 1.82) is 0 Å². The summed E-state index contributed by atoms with van der Waals surface area (Å²) in [6, 6.07) is 0. The minimum absolute atomic E-state index is 1.51. The molecule has 0 aliphatic carbocycles. The van der Waals surface area contributed by atoms with Crippen molar-refractivity contribution in [2.45, 2.75) is 84.2 Å². The number of alkyl halides is 31. The largest absolute Gasteiger partial charge is 0.557 e. The average Bonchev–Trinajstić information content (AvgIpc) is 2.99. The normalized spacial score (nSPS) is 16.2. The summed E-state index contributed by atoms with van der Waals surface area (Å²) in [7, 11) is -10.8. The Labute approximate surface area is 300 Å². The van der Waals surface area contributed by atoms with Gasteiger partial charge in [0, 0.05) is 0 Å². The fourth-order valence-electron chi connectivity index (χ4n) is 3.32. The van der Waals surface area contributed by atoms with Crippen molar-refractivity contribution in [1.82, 2.24) is 0 Å². The molecule has 0 atom stereocenters. The maximum atomic E-state index is 14.7. The van der Waals surface area contributed by atoms with Crippen molar-refractivity contribution in [3.05, 3.63) is 29.1 Å². The molecule has 0 fully saturated rings. The topological polar surface area (TPSA) is 27.7 Å². The fourth-order valence-corrected chi connectivity index (χ4v) is 5.88. The molecule has 0 heterocycles. The molecule has 354 valence electrons. The van der Waals surface area contributed by atoms with Crippen LogP contribution in [-0.2, 0) is 13.3 Å². The Balaban J connectivity index is 4.54. The van der Waals surface area contributed by atoms with Crippen LogP contribution in [0.1, 0.15) is 0 Å². The van der Waals surface area contributed by atoms with Crippen LogP contribution in [0.5, 0.6) is 0 Å². The molecular weight excluding hydrogens is 1000 g/mol. The molecule has 0 bridgehead atoms. The SMILES string of the molecule is Fc1c(F)c(F)c([Si](OC(F)(F)C(F)(F)F)(OC(F)(F)C(F)(F)F)OC(F)(F)C(F)(F)C(F)(F)C(F)(F)C(F)(F)C(F)(F)C(F)(F)C(F)(F)C(F)(F)C(F)(F)F)c(F)c1F. The zero-order valence-corrected chi connectivity index (χ0v) is 26.3. The third-order valence-corrected chi connectivity index (χ3v) is 9.07. The van der Waals surface area contributed by atoms with Gasteiger partial charge in [0.05, 0.1) is 0 Å². The summed E-state index contributed by atoms with van der Waals surface area (Å²) in [6.07, 6.45) is -51.2. The van der Waals surface area contributed by atoms with E-state index in [-0.39, 0.29) is 0 Å². The van der Waals surface area contributed by atoms with Gasteiger partial charge in [-0.2, -0.15) is 136 Å². The van der Waals surface area contributed by atoms with E-state index in [1.807, 2.05) is 0 Å². The highest BCUT2D eigenvalue weighted by atomic mass is 28.4. The maximum absolute atomic E-state index is 14.7. The van der Waals surface area contributed by atoms with Crippen molar-refractivity contribution in [3.63, 3.8) is 0 Å². The van der Waals surface area contributed by atoms with E-state index < -0.39 is 127 Å². The van der Waals surface area contributed by atoms with Gasteiger partial charge >= 0.3 is 93.0 Å². The first-order valence-corrected chi connectivity index (χ1v) is 14.3. The van der Waals surface area contributed by atoms with Gasteiger partial charge in [0.25, 0.3) is 0 Å². The lowest BCUT2D eigenvalue weighted by molar-refractivity contribution is -0.483. The second-order valence-corrected chi connectivity index (χ2v) is 12.7. The van der Waals surface area contributed by atoms with Crippen LogP contribution in [0.15, 0.2) is 0 Å². The number of hydrogen-bond acceptors (Lipinski definition) is 3. The summed E-state index contributed by atoms with van der Waals surface area (Å²) in [5.74, 6) is -101. The first-order valence-electron chi connectivity index (χ1n) is 12.5. The molecule has 0 N–H and O–H groups in total. The third kappa shape index (κ3) is 7.67. The van der Waals surface area contributed by atoms with Crippen molar-refractivity contribution in [2.75, 3.05) is 0 Å². The van der Waals surface area contributed by atoms with Gasteiger partial charge in [-0.05, 0) is 0 Å². The first-order chi connectivity index (χ1) is 25.5. The van der Waals surface area contributed by atoms with Crippen molar-refractivity contribution in [3.8, 4) is 0 Å². The van der Waals surface area contributed by atoms with Crippen LogP contribution in [-0.4, -0.2) is 93.0 Å². The summed E-state index contributed by atoms with van der Waals surface area (Å²) >= 11 is 0. The highest BCUT2D eigenvalue weighted by molar-refractivity contribution is 6.75. The van der Waals surface area contributed by atoms with Crippen LogP contribution in [0, 0.1) is 29.1 Å². The molecule has 0 spiro atoms. The molecule has 40 heteroatoms. The molecule has 3 nitrogen and oxygen atoms in total. The van der Waals surface area contributed by atoms with Crippen LogP contribution in [0.25, 0.3) is 0 Å². The van der Waals surface area contributed by atoms with E-state index >= 15 is 0 Å². The van der Waals surface area contributed by atoms with Crippen LogP contribution >= 0.6 is 0 Å². The van der Waals surface area contributed by atoms with Crippen LogP contribution < -0.4 is 5.19 Å². The lowest BCUT2D eigenvalue weighted by Gasteiger charge is -2.45. The summed E-state index contributed by atoms with van der Waals surface area (Å²) < 4.78 is 494. The smallest absolute Gasteiger partial charge is 0.304 e. The van der Waals surface area contributed by atoms with Crippen molar-refractivity contribution >= 4 is 14.0 Å². The number of hydrogen-bond donors (Lipinski definition) is 0. The van der Waals surface area contributed by atoms with Crippen LogP contribution in [0.4, 0.5) is 158 Å². The molecule has 0 aromatic heterocycles. The second kappa shape index (κ2) is 14.4. The molecule has 0 aliphatic heterocycles. The van der Waals surface area contributed by atoms with E-state index in [2.05, 4.69) is 0 Å². The average molecular weight is 1000 g/mol. The van der Waals surface area contributed by atoms with Crippen molar-refractivity contribution in [2.24, 2.45) is 0 Å². The first kappa shape index (κ1) is 54.8. The predicted octanol–water partition coefficient (Wildman–Crippen LogP) is 11.1. The summed E-state index contributed by atoms with van der Waals surface area (Å²) in [6.45, 7) is 0. The standard InChI is InChI=1S/C20F36O3Si/c21-1-2(22)4(24)6(5(25)3(1)23)60(58-19(53,54)16(45,46)47,59-20(55,56)17(48,49)50)57-18(51,52)14(40,41)12(36,37)10(32,33)8(28,29)7(26,27)9(30,31)11(34,35)13(38,39)15(42,43)44. The van der Waals surface area contributed by atoms with E-state index in [1.165, 1.54) is 4.43 Å². The van der Waals surface area contributed by atoms with Gasteiger partial charge in [0.15, 0.2) is 23.3 Å². The van der Waals surface area contributed by atoms with E-state index in [0.29, 0.717) is 0 Å². The van der Waals surface area contributed by atoms with Crippen LogP contribution in [0.3, 0.4) is 0 Å². The van der Waals surface area contributed by atoms with E-state index in [9.17, 15) is 158 Å². The molecule has 0 unspecified atom stereocenters. The van der Waals surface area contributed by atoms with E-state index in [0.717, 1.165) is 0 Å². The van der Waals surface area contributed by atoms with Gasteiger partial charge < -0.3 is 13.3 Å². The highest BCUT2D eigenvalue weighted by Gasteiger charge is 2.98. The van der Waals surface area contributed by atoms with Crippen LogP contribution in [0.2, 0.25) is 0 Å². The number of halogens is 36. The minimum atomic E-state index is -10.8. The molecule has 1 aromatic rings. The minimum Gasteiger partial charge on any atom is -0.304 e. The Bertz CT molecular complexity index is 1690. The molecule has 60 heavy (non-hydrogen) atoms. The highest BCUT2D eigenvalue weighted by Crippen LogP contribution is 2.66. The predicted molar refractivity (Wildman–Crippen MR) is 107 cm³/mol. The molecule has 0 saturated heterocycles. The van der Waals surface area contributed by atoms with Gasteiger partial charge in [-0.3, -0.25) is 0 Å². The fraction of sp³-hybridized carbons (Fsp3) is 0.700. The zero-order chi connectivity index (χ0) is 49.1. The van der Waals surface area contributed by atoms with Gasteiger partial charge in [-0.15, -0.1) is 0 Å². The van der Waals surface area contributed by atoms with E-state index in [4.69, 9.17) is 0 Å². The molecule has 1 aromatic carbocycles. The lowest BCUT2D eigenvalue weighted by Crippen LogP contribution is -2.78. The number of rotatable bonds is 15. The Hall–Kier alpha value is -3.20. The third-order valence-electron chi connectivity index (χ3n) is 6.45.